The lowest BCUT2D eigenvalue weighted by molar-refractivity contribution is 0.619. The molecule has 0 saturated carbocycles. The van der Waals surface area contributed by atoms with Crippen LogP contribution in [0.15, 0.2) is 177 Å². The summed E-state index contributed by atoms with van der Waals surface area (Å²) in [6, 6.07) is 51.2. The van der Waals surface area contributed by atoms with Crippen LogP contribution in [0.3, 0.4) is 0 Å². The van der Waals surface area contributed by atoms with Crippen molar-refractivity contribution < 1.29 is 13.3 Å². The number of hydrogen-bond donors (Lipinski definition) is 0. The minimum absolute atomic E-state index is 0.588. The molecular weight excluding hydrogens is 671 g/mol. The van der Waals surface area contributed by atoms with Crippen molar-refractivity contribution in [3.05, 3.63) is 164 Å². The van der Waals surface area contributed by atoms with E-state index in [1.165, 1.54) is 0 Å². The smallest absolute Gasteiger partial charge is 0.228 e. The van der Waals surface area contributed by atoms with Gasteiger partial charge < -0.3 is 18.2 Å². The lowest BCUT2D eigenvalue weighted by Crippen LogP contribution is -2.09. The second kappa shape index (κ2) is 12.0. The third-order valence-corrected chi connectivity index (χ3v) is 9.83. The molecule has 0 atom stereocenters. The summed E-state index contributed by atoms with van der Waals surface area (Å²) in [5.41, 5.74) is 12.1. The van der Waals surface area contributed by atoms with E-state index in [4.69, 9.17) is 28.2 Å². The number of nitrogens with zero attached hydrogens (tertiary/aromatic N) is 5. The molecule has 8 nitrogen and oxygen atoms in total. The van der Waals surface area contributed by atoms with Gasteiger partial charge in [0.1, 0.15) is 16.6 Å². The first-order valence-electron chi connectivity index (χ1n) is 17.6. The summed E-state index contributed by atoms with van der Waals surface area (Å²) in [4.78, 5) is 20.8. The molecule has 0 aliphatic rings. The fourth-order valence-electron chi connectivity index (χ4n) is 7.14. The van der Waals surface area contributed by atoms with Gasteiger partial charge in [-0.3, -0.25) is 4.98 Å². The van der Waals surface area contributed by atoms with Crippen molar-refractivity contribution in [1.82, 2.24) is 19.9 Å². The van der Waals surface area contributed by atoms with E-state index in [1.807, 2.05) is 72.9 Å². The molecule has 11 aromatic rings. The van der Waals surface area contributed by atoms with E-state index in [-0.39, 0.29) is 0 Å². The molecule has 0 unspecified atom stereocenters. The van der Waals surface area contributed by atoms with Crippen molar-refractivity contribution in [2.75, 3.05) is 4.90 Å². The van der Waals surface area contributed by atoms with Gasteiger partial charge in [-0.15, -0.1) is 0 Å². The van der Waals surface area contributed by atoms with E-state index in [1.54, 1.807) is 6.20 Å². The van der Waals surface area contributed by atoms with E-state index in [9.17, 15) is 0 Å². The minimum atomic E-state index is 0.588. The second-order valence-corrected chi connectivity index (χ2v) is 13.2. The van der Waals surface area contributed by atoms with Gasteiger partial charge in [-0.05, 0) is 126 Å². The van der Waals surface area contributed by atoms with Gasteiger partial charge >= 0.3 is 0 Å². The lowest BCUT2D eigenvalue weighted by Gasteiger charge is -2.26. The fraction of sp³-hybridized carbons (Fsp3) is 0. The molecule has 0 N–H and O–H groups in total. The number of rotatable bonds is 6. The minimum Gasteiger partial charge on any atom is -0.436 e. The number of aromatic nitrogens is 4. The summed E-state index contributed by atoms with van der Waals surface area (Å²) in [5, 5.41) is 3.13. The Morgan fingerprint density at radius 2 is 1.02 bits per heavy atom. The average Bonchev–Trinajstić information content (AvgIpc) is 3.96. The Hall–Kier alpha value is -7.58. The largest absolute Gasteiger partial charge is 0.436 e. The molecule has 0 saturated heterocycles. The van der Waals surface area contributed by atoms with E-state index in [0.29, 0.717) is 17.5 Å². The van der Waals surface area contributed by atoms with Crippen LogP contribution in [-0.4, -0.2) is 19.9 Å². The van der Waals surface area contributed by atoms with E-state index in [2.05, 4.69) is 94.8 Å². The third-order valence-electron chi connectivity index (χ3n) is 9.83. The highest BCUT2D eigenvalue weighted by atomic mass is 16.4. The average molecular weight is 698 g/mol. The zero-order valence-electron chi connectivity index (χ0n) is 28.5. The van der Waals surface area contributed by atoms with Gasteiger partial charge in [-0.2, -0.15) is 0 Å². The van der Waals surface area contributed by atoms with Gasteiger partial charge in [-0.1, -0.05) is 42.5 Å². The summed E-state index contributed by atoms with van der Waals surface area (Å²) in [5.74, 6) is 1.18. The van der Waals surface area contributed by atoms with Crippen LogP contribution in [0.2, 0.25) is 0 Å². The second-order valence-electron chi connectivity index (χ2n) is 13.2. The topological polar surface area (TPSA) is 94.2 Å². The number of pyridine rings is 2. The monoisotopic (exact) mass is 697 g/mol. The summed E-state index contributed by atoms with van der Waals surface area (Å²) in [6.45, 7) is 0. The molecule has 0 radical (unpaired) electrons. The Balaban J connectivity index is 0.972. The van der Waals surface area contributed by atoms with Gasteiger partial charge in [0.25, 0.3) is 0 Å². The molecule has 5 heterocycles. The first-order chi connectivity index (χ1) is 26.7. The highest BCUT2D eigenvalue weighted by molar-refractivity contribution is 6.02. The van der Waals surface area contributed by atoms with Gasteiger partial charge in [0.2, 0.25) is 17.5 Å². The maximum atomic E-state index is 6.07. The van der Waals surface area contributed by atoms with Crippen LogP contribution < -0.4 is 4.90 Å². The third kappa shape index (κ3) is 5.08. The zero-order valence-corrected chi connectivity index (χ0v) is 28.5. The van der Waals surface area contributed by atoms with Crippen molar-refractivity contribution in [3.8, 4) is 34.0 Å². The molecule has 11 rings (SSSR count). The van der Waals surface area contributed by atoms with Gasteiger partial charge in [-0.25, -0.2) is 15.0 Å². The van der Waals surface area contributed by atoms with Crippen LogP contribution in [-0.2, 0) is 0 Å². The summed E-state index contributed by atoms with van der Waals surface area (Å²) >= 11 is 0. The van der Waals surface area contributed by atoms with Crippen LogP contribution in [0.5, 0.6) is 0 Å². The number of para-hydroxylation sites is 4. The maximum absolute atomic E-state index is 6.07. The van der Waals surface area contributed by atoms with Gasteiger partial charge in [0.05, 0.1) is 5.39 Å². The van der Waals surface area contributed by atoms with E-state index >= 15 is 0 Å². The first-order valence-corrected chi connectivity index (χ1v) is 17.6. The van der Waals surface area contributed by atoms with Crippen molar-refractivity contribution in [1.29, 1.82) is 0 Å². The fourth-order valence-corrected chi connectivity index (χ4v) is 7.14. The number of hydrogen-bond acceptors (Lipinski definition) is 8. The highest BCUT2D eigenvalue weighted by Crippen LogP contribution is 2.39. The normalized spacial score (nSPS) is 11.7. The summed E-state index contributed by atoms with van der Waals surface area (Å²) < 4.78 is 18.2. The molecule has 6 aromatic carbocycles. The predicted octanol–water partition coefficient (Wildman–Crippen LogP) is 12.3. The van der Waals surface area contributed by atoms with Crippen molar-refractivity contribution in [2.45, 2.75) is 0 Å². The van der Waals surface area contributed by atoms with Crippen molar-refractivity contribution in [3.63, 3.8) is 0 Å². The van der Waals surface area contributed by atoms with Crippen molar-refractivity contribution in [2.24, 2.45) is 0 Å². The number of oxazole rings is 2. The molecule has 0 spiro atoms. The zero-order chi connectivity index (χ0) is 35.6. The van der Waals surface area contributed by atoms with Crippen molar-refractivity contribution >= 4 is 72.2 Å². The van der Waals surface area contributed by atoms with Crippen LogP contribution >= 0.6 is 0 Å². The molecule has 0 fully saturated rings. The Kier molecular flexibility index (Phi) is 6.69. The molecule has 0 bridgehead atoms. The molecule has 8 heteroatoms. The van der Waals surface area contributed by atoms with Gasteiger partial charge in [0, 0.05) is 46.1 Å². The lowest BCUT2D eigenvalue weighted by atomic mass is 10.0. The maximum Gasteiger partial charge on any atom is 0.228 e. The van der Waals surface area contributed by atoms with Crippen LogP contribution in [0, 0.1) is 0 Å². The summed E-state index contributed by atoms with van der Waals surface area (Å²) in [7, 11) is 0. The van der Waals surface area contributed by atoms with Crippen LogP contribution in [0.25, 0.3) is 89.2 Å². The molecule has 0 aliphatic carbocycles. The summed E-state index contributed by atoms with van der Waals surface area (Å²) in [6.07, 6.45) is 3.63. The number of benzene rings is 6. The Bertz CT molecular complexity index is 3000. The standard InChI is InChI=1S/C46H27N5O3/c1-3-9-40-38(7-1)49-44(52-40)28-13-18-34(19-14-28)51(35-20-15-29(16-21-35)45-50-39-8-2-4-10-41(39)53-45)36-22-17-30-24-31(11-12-32(30)25-36)33-26-42-43(48-27-33)37-6-5-23-47-46(37)54-42/h1-27H. The number of fused-ring (bicyclic) bond motifs is 6. The molecule has 0 amide bonds. The molecule has 54 heavy (non-hydrogen) atoms. The predicted molar refractivity (Wildman–Crippen MR) is 213 cm³/mol. The number of anilines is 3. The highest BCUT2D eigenvalue weighted by Gasteiger charge is 2.17. The molecule has 0 aliphatic heterocycles. The molecule has 254 valence electrons. The van der Waals surface area contributed by atoms with Crippen LogP contribution in [0.4, 0.5) is 17.1 Å². The van der Waals surface area contributed by atoms with E-state index < -0.39 is 0 Å². The molecule has 5 aromatic heterocycles. The van der Waals surface area contributed by atoms with Gasteiger partial charge in [0.15, 0.2) is 16.7 Å². The first kappa shape index (κ1) is 30.1. The quantitative estimate of drug-likeness (QED) is 0.169. The number of furan rings is 1. The Morgan fingerprint density at radius 1 is 0.426 bits per heavy atom. The Labute approximate surface area is 307 Å². The van der Waals surface area contributed by atoms with Crippen LogP contribution in [0.1, 0.15) is 0 Å². The SMILES string of the molecule is c1ccc2oc(-c3ccc(N(c4ccc(-c5nc6ccccc6o5)cc4)c4ccc5cc(-c6cnc7c(c6)oc6ncccc67)ccc5c4)cc3)nc2c1. The van der Waals surface area contributed by atoms with E-state index in [0.717, 1.165) is 88.8 Å². The molecular formula is C46H27N5O3. The Morgan fingerprint density at radius 3 is 1.69 bits per heavy atom.